The van der Waals surface area contributed by atoms with Crippen molar-refractivity contribution in [1.29, 1.82) is 0 Å². The number of piperazine rings is 1. The first-order chi connectivity index (χ1) is 17.6. The second kappa shape index (κ2) is 10.7. The standard InChI is InChI=1S/C29H32ClN3O3/c1-35-27-12-11-20(17-28(27)36-2)13-14-31-29(34)22-18-21-7-3-5-9-24(21)33-16-15-32(19-26(22)33)25-10-6-4-8-23(25)30/h3-12,17,22,26H,13-16,18-19H2,1-2H3,(H,31,34). The average molecular weight is 506 g/mol. The molecule has 3 aromatic rings. The lowest BCUT2D eigenvalue weighted by Crippen LogP contribution is -2.61. The van der Waals surface area contributed by atoms with Crippen LogP contribution in [0.25, 0.3) is 0 Å². The van der Waals surface area contributed by atoms with Crippen LogP contribution in [0.3, 0.4) is 0 Å². The lowest BCUT2D eigenvalue weighted by atomic mass is 9.83. The third kappa shape index (κ3) is 4.82. The van der Waals surface area contributed by atoms with Gasteiger partial charge in [-0.2, -0.15) is 0 Å². The van der Waals surface area contributed by atoms with Gasteiger partial charge in [0.05, 0.1) is 36.9 Å². The summed E-state index contributed by atoms with van der Waals surface area (Å²) in [6.07, 6.45) is 1.45. The van der Waals surface area contributed by atoms with E-state index in [1.165, 1.54) is 11.3 Å². The van der Waals surface area contributed by atoms with Crippen molar-refractivity contribution in [3.05, 3.63) is 82.9 Å². The molecule has 36 heavy (non-hydrogen) atoms. The van der Waals surface area contributed by atoms with E-state index in [0.29, 0.717) is 18.0 Å². The molecular weight excluding hydrogens is 474 g/mol. The van der Waals surface area contributed by atoms with Crippen LogP contribution in [0.4, 0.5) is 11.4 Å². The van der Waals surface area contributed by atoms with Gasteiger partial charge in [0.2, 0.25) is 5.91 Å². The average Bonchev–Trinajstić information content (AvgIpc) is 2.92. The molecule has 0 aromatic heterocycles. The number of anilines is 2. The second-order valence-electron chi connectivity index (χ2n) is 9.33. The maximum absolute atomic E-state index is 13.6. The normalized spacial score (nSPS) is 18.8. The molecular formula is C29H32ClN3O3. The third-order valence-electron chi connectivity index (χ3n) is 7.31. The van der Waals surface area contributed by atoms with E-state index in [1.807, 2.05) is 36.4 Å². The number of ether oxygens (including phenoxy) is 2. The number of halogens is 1. The molecule has 2 atom stereocenters. The van der Waals surface area contributed by atoms with Crippen LogP contribution in [0.2, 0.25) is 5.02 Å². The monoisotopic (exact) mass is 505 g/mol. The summed E-state index contributed by atoms with van der Waals surface area (Å²) in [4.78, 5) is 18.3. The van der Waals surface area contributed by atoms with E-state index in [4.69, 9.17) is 21.1 Å². The molecule has 2 heterocycles. The lowest BCUT2D eigenvalue weighted by molar-refractivity contribution is -0.125. The fourth-order valence-corrected chi connectivity index (χ4v) is 5.74. The Hall–Kier alpha value is -3.38. The van der Waals surface area contributed by atoms with Crippen molar-refractivity contribution in [3.63, 3.8) is 0 Å². The summed E-state index contributed by atoms with van der Waals surface area (Å²) >= 11 is 6.53. The number of hydrogen-bond acceptors (Lipinski definition) is 5. The molecule has 0 aliphatic carbocycles. The van der Waals surface area contributed by atoms with Crippen LogP contribution in [0, 0.1) is 5.92 Å². The molecule has 188 valence electrons. The number of nitrogens with one attached hydrogen (secondary N) is 1. The molecule has 2 aliphatic rings. The molecule has 2 unspecified atom stereocenters. The summed E-state index contributed by atoms with van der Waals surface area (Å²) in [5, 5.41) is 3.96. The molecule has 6 nitrogen and oxygen atoms in total. The minimum atomic E-state index is -0.143. The number of methoxy groups -OCH3 is 2. The molecule has 1 N–H and O–H groups in total. The largest absolute Gasteiger partial charge is 0.493 e. The number of amides is 1. The van der Waals surface area contributed by atoms with E-state index >= 15 is 0 Å². The van der Waals surface area contributed by atoms with E-state index < -0.39 is 0 Å². The summed E-state index contributed by atoms with van der Waals surface area (Å²) in [6.45, 7) is 3.03. The van der Waals surface area contributed by atoms with Crippen molar-refractivity contribution in [2.75, 3.05) is 50.2 Å². The Kier molecular flexibility index (Phi) is 7.23. The van der Waals surface area contributed by atoms with E-state index in [0.717, 1.165) is 48.7 Å². The topological polar surface area (TPSA) is 54.0 Å². The smallest absolute Gasteiger partial charge is 0.225 e. The van der Waals surface area contributed by atoms with Gasteiger partial charge < -0.3 is 24.6 Å². The quantitative estimate of drug-likeness (QED) is 0.509. The number of carbonyl (C=O) groups is 1. The SMILES string of the molecule is COc1ccc(CCNC(=O)C2Cc3ccccc3N3CCN(c4ccccc4Cl)CC23)cc1OC. The molecule has 1 saturated heterocycles. The lowest BCUT2D eigenvalue weighted by Gasteiger charge is -2.49. The maximum Gasteiger partial charge on any atom is 0.225 e. The minimum absolute atomic E-state index is 0.0750. The first kappa shape index (κ1) is 24.3. The Bertz CT molecular complexity index is 1230. The highest BCUT2D eigenvalue weighted by atomic mass is 35.5. The van der Waals surface area contributed by atoms with Crippen LogP contribution in [-0.4, -0.2) is 52.3 Å². The van der Waals surface area contributed by atoms with Crippen LogP contribution in [0.1, 0.15) is 11.1 Å². The molecule has 1 amide bonds. The third-order valence-corrected chi connectivity index (χ3v) is 7.63. The molecule has 5 rings (SSSR count). The molecule has 0 bridgehead atoms. The number of fused-ring (bicyclic) bond motifs is 3. The van der Waals surface area contributed by atoms with Crippen LogP contribution in [0.15, 0.2) is 66.7 Å². The summed E-state index contributed by atoms with van der Waals surface area (Å²) in [5.74, 6) is 1.35. The van der Waals surface area contributed by atoms with Gasteiger partial charge in [0, 0.05) is 31.9 Å². The van der Waals surface area contributed by atoms with Crippen molar-refractivity contribution in [1.82, 2.24) is 5.32 Å². The zero-order valence-corrected chi connectivity index (χ0v) is 21.5. The zero-order valence-electron chi connectivity index (χ0n) is 20.7. The zero-order chi connectivity index (χ0) is 25.1. The van der Waals surface area contributed by atoms with Crippen molar-refractivity contribution in [2.45, 2.75) is 18.9 Å². The van der Waals surface area contributed by atoms with Crippen molar-refractivity contribution < 1.29 is 14.3 Å². The van der Waals surface area contributed by atoms with Crippen LogP contribution < -0.4 is 24.6 Å². The van der Waals surface area contributed by atoms with Crippen molar-refractivity contribution >= 4 is 28.9 Å². The van der Waals surface area contributed by atoms with Gasteiger partial charge >= 0.3 is 0 Å². The number of benzene rings is 3. The Morgan fingerprint density at radius 1 is 0.972 bits per heavy atom. The first-order valence-corrected chi connectivity index (χ1v) is 12.8. The Morgan fingerprint density at radius 2 is 1.72 bits per heavy atom. The summed E-state index contributed by atoms with van der Waals surface area (Å²) in [5.41, 5.74) is 4.60. The number of para-hydroxylation sites is 2. The highest BCUT2D eigenvalue weighted by Gasteiger charge is 2.41. The number of rotatable bonds is 7. The fourth-order valence-electron chi connectivity index (χ4n) is 5.48. The van der Waals surface area contributed by atoms with E-state index in [2.05, 4.69) is 45.4 Å². The van der Waals surface area contributed by atoms with Gasteiger partial charge in [-0.05, 0) is 54.3 Å². The second-order valence-corrected chi connectivity index (χ2v) is 9.74. The van der Waals surface area contributed by atoms with Crippen molar-refractivity contribution in [2.24, 2.45) is 5.92 Å². The summed E-state index contributed by atoms with van der Waals surface area (Å²) in [7, 11) is 3.26. The number of carbonyl (C=O) groups excluding carboxylic acids is 1. The highest BCUT2D eigenvalue weighted by Crippen LogP contribution is 2.38. The predicted molar refractivity (Wildman–Crippen MR) is 145 cm³/mol. The minimum Gasteiger partial charge on any atom is -0.493 e. The Labute approximate surface area is 217 Å². The number of hydrogen-bond donors (Lipinski definition) is 1. The summed E-state index contributed by atoms with van der Waals surface area (Å²) in [6, 6.07) is 22.4. The first-order valence-electron chi connectivity index (χ1n) is 12.4. The highest BCUT2D eigenvalue weighted by molar-refractivity contribution is 6.33. The van der Waals surface area contributed by atoms with Crippen LogP contribution in [-0.2, 0) is 17.6 Å². The predicted octanol–water partition coefficient (Wildman–Crippen LogP) is 4.58. The summed E-state index contributed by atoms with van der Waals surface area (Å²) < 4.78 is 10.7. The molecule has 0 radical (unpaired) electrons. The molecule has 7 heteroatoms. The maximum atomic E-state index is 13.6. The van der Waals surface area contributed by atoms with Gasteiger partial charge in [0.1, 0.15) is 0 Å². The van der Waals surface area contributed by atoms with Crippen molar-refractivity contribution in [3.8, 4) is 11.5 Å². The number of nitrogens with zero attached hydrogens (tertiary/aromatic N) is 2. The Balaban J connectivity index is 1.32. The van der Waals surface area contributed by atoms with Gasteiger partial charge in [-0.25, -0.2) is 0 Å². The van der Waals surface area contributed by atoms with Gasteiger partial charge in [0.15, 0.2) is 11.5 Å². The van der Waals surface area contributed by atoms with Gasteiger partial charge in [0.25, 0.3) is 0 Å². The van der Waals surface area contributed by atoms with E-state index in [1.54, 1.807) is 14.2 Å². The molecule has 3 aromatic carbocycles. The van der Waals surface area contributed by atoms with Crippen LogP contribution >= 0.6 is 11.6 Å². The molecule has 1 fully saturated rings. The van der Waals surface area contributed by atoms with Gasteiger partial charge in [-0.15, -0.1) is 0 Å². The van der Waals surface area contributed by atoms with Gasteiger partial charge in [-0.3, -0.25) is 4.79 Å². The van der Waals surface area contributed by atoms with Gasteiger partial charge in [-0.1, -0.05) is 48.0 Å². The molecule has 0 spiro atoms. The molecule has 0 saturated carbocycles. The van der Waals surface area contributed by atoms with Crippen LogP contribution in [0.5, 0.6) is 11.5 Å². The molecule has 2 aliphatic heterocycles. The Morgan fingerprint density at radius 3 is 2.50 bits per heavy atom. The van der Waals surface area contributed by atoms with E-state index in [9.17, 15) is 4.79 Å². The fraction of sp³-hybridized carbons (Fsp3) is 0.345. The van der Waals surface area contributed by atoms with E-state index in [-0.39, 0.29) is 17.9 Å².